The summed E-state index contributed by atoms with van der Waals surface area (Å²) in [6, 6.07) is 7.88. The summed E-state index contributed by atoms with van der Waals surface area (Å²) in [5.41, 5.74) is 1.74. The van der Waals surface area contributed by atoms with Gasteiger partial charge in [-0.05, 0) is 12.5 Å². The van der Waals surface area contributed by atoms with Crippen LogP contribution in [-0.4, -0.2) is 20.7 Å². The number of hydrogen-bond acceptors (Lipinski definition) is 4. The van der Waals surface area contributed by atoms with E-state index in [0.717, 1.165) is 27.3 Å². The molecule has 6 heteroatoms. The van der Waals surface area contributed by atoms with Gasteiger partial charge in [0.1, 0.15) is 10.0 Å². The molecule has 2 heterocycles. The number of carbonyl (C=O) groups is 1. The van der Waals surface area contributed by atoms with E-state index >= 15 is 0 Å². The average Bonchev–Trinajstić information content (AvgIpc) is 3.10. The van der Waals surface area contributed by atoms with Crippen molar-refractivity contribution in [3.63, 3.8) is 0 Å². The summed E-state index contributed by atoms with van der Waals surface area (Å²) in [6.45, 7) is 2.46. The second kappa shape index (κ2) is 5.65. The fourth-order valence-corrected chi connectivity index (χ4v) is 3.00. The van der Waals surface area contributed by atoms with E-state index in [1.54, 1.807) is 0 Å². The molecule has 108 valence electrons. The summed E-state index contributed by atoms with van der Waals surface area (Å²) in [6.07, 6.45) is 2.73. The summed E-state index contributed by atoms with van der Waals surface area (Å²) in [5, 5.41) is 13.8. The van der Waals surface area contributed by atoms with Crippen LogP contribution in [0.3, 0.4) is 0 Å². The molecular weight excluding hydrogens is 284 g/mol. The number of aryl methyl sites for hydroxylation is 2. The molecule has 3 rings (SSSR count). The van der Waals surface area contributed by atoms with Crippen molar-refractivity contribution in [3.8, 4) is 0 Å². The third-order valence-electron chi connectivity index (χ3n) is 3.35. The molecule has 5 nitrogen and oxygen atoms in total. The highest BCUT2D eigenvalue weighted by Gasteiger charge is 2.14. The van der Waals surface area contributed by atoms with Gasteiger partial charge in [0.05, 0.1) is 12.1 Å². The zero-order valence-corrected chi connectivity index (χ0v) is 12.8. The fourth-order valence-electron chi connectivity index (χ4n) is 2.28. The van der Waals surface area contributed by atoms with E-state index in [1.807, 2.05) is 49.0 Å². The Morgan fingerprint density at radius 1 is 1.29 bits per heavy atom. The lowest BCUT2D eigenvalue weighted by Gasteiger charge is -2.01. The van der Waals surface area contributed by atoms with Gasteiger partial charge < -0.3 is 9.88 Å². The number of para-hydroxylation sites is 1. The Balaban J connectivity index is 1.78. The van der Waals surface area contributed by atoms with Crippen LogP contribution in [0, 0.1) is 0 Å². The Bertz CT molecular complexity index is 790. The van der Waals surface area contributed by atoms with Crippen LogP contribution in [0.1, 0.15) is 27.3 Å². The maximum atomic E-state index is 12.4. The molecule has 0 fully saturated rings. The topological polar surface area (TPSA) is 59.8 Å². The molecule has 0 aliphatic rings. The first-order valence-electron chi connectivity index (χ1n) is 6.82. The van der Waals surface area contributed by atoms with E-state index in [2.05, 4.69) is 15.5 Å². The number of fused-ring (bicyclic) bond motifs is 1. The maximum absolute atomic E-state index is 12.4. The molecule has 2 aromatic heterocycles. The van der Waals surface area contributed by atoms with Gasteiger partial charge in [0.25, 0.3) is 5.91 Å². The van der Waals surface area contributed by atoms with Gasteiger partial charge in [0.2, 0.25) is 0 Å². The van der Waals surface area contributed by atoms with Gasteiger partial charge in [0.15, 0.2) is 0 Å². The van der Waals surface area contributed by atoms with Gasteiger partial charge in [-0.2, -0.15) is 0 Å². The van der Waals surface area contributed by atoms with E-state index in [-0.39, 0.29) is 5.91 Å². The van der Waals surface area contributed by atoms with Gasteiger partial charge >= 0.3 is 0 Å². The van der Waals surface area contributed by atoms with Crippen LogP contribution in [0.4, 0.5) is 0 Å². The molecule has 0 saturated carbocycles. The van der Waals surface area contributed by atoms with Crippen molar-refractivity contribution in [1.29, 1.82) is 0 Å². The largest absolute Gasteiger partial charge is 0.350 e. The third-order valence-corrected chi connectivity index (χ3v) is 4.42. The van der Waals surface area contributed by atoms with Crippen LogP contribution >= 0.6 is 11.3 Å². The quantitative estimate of drug-likeness (QED) is 0.805. The van der Waals surface area contributed by atoms with Crippen molar-refractivity contribution in [2.24, 2.45) is 7.05 Å². The Labute approximate surface area is 126 Å². The number of hydrogen-bond donors (Lipinski definition) is 1. The lowest BCUT2D eigenvalue weighted by atomic mass is 10.1. The van der Waals surface area contributed by atoms with Crippen LogP contribution in [-0.2, 0) is 20.0 Å². The SMILES string of the molecule is CCc1nnc(CNC(=O)c2cn(C)c3ccccc23)s1. The first-order chi connectivity index (χ1) is 10.2. The number of nitrogens with one attached hydrogen (secondary N) is 1. The van der Waals surface area contributed by atoms with Crippen LogP contribution in [0.5, 0.6) is 0 Å². The smallest absolute Gasteiger partial charge is 0.253 e. The maximum Gasteiger partial charge on any atom is 0.253 e. The molecule has 0 unspecified atom stereocenters. The van der Waals surface area contributed by atoms with E-state index in [4.69, 9.17) is 0 Å². The standard InChI is InChI=1S/C15H16N4OS/c1-3-13-17-18-14(21-13)8-16-15(20)11-9-19(2)12-7-5-4-6-10(11)12/h4-7,9H,3,8H2,1-2H3,(H,16,20). The molecule has 0 spiro atoms. The van der Waals surface area contributed by atoms with Crippen LogP contribution in [0.15, 0.2) is 30.5 Å². The summed E-state index contributed by atoms with van der Waals surface area (Å²) in [4.78, 5) is 12.4. The highest BCUT2D eigenvalue weighted by atomic mass is 32.1. The molecule has 0 aliphatic heterocycles. The predicted molar refractivity (Wildman–Crippen MR) is 83.4 cm³/mol. The lowest BCUT2D eigenvalue weighted by molar-refractivity contribution is 0.0952. The minimum Gasteiger partial charge on any atom is -0.350 e. The molecule has 0 radical (unpaired) electrons. The highest BCUT2D eigenvalue weighted by molar-refractivity contribution is 7.11. The minimum atomic E-state index is -0.0833. The van der Waals surface area contributed by atoms with Crippen molar-refractivity contribution >= 4 is 28.1 Å². The van der Waals surface area contributed by atoms with E-state index in [0.29, 0.717) is 12.1 Å². The number of aromatic nitrogens is 3. The van der Waals surface area contributed by atoms with Gasteiger partial charge in [-0.1, -0.05) is 36.5 Å². The molecule has 21 heavy (non-hydrogen) atoms. The number of nitrogens with zero attached hydrogens (tertiary/aromatic N) is 3. The molecular formula is C15H16N4OS. The molecule has 0 atom stereocenters. The second-order valence-corrected chi connectivity index (χ2v) is 5.94. The van der Waals surface area contributed by atoms with Crippen molar-refractivity contribution in [2.75, 3.05) is 0 Å². The molecule has 1 aromatic carbocycles. The minimum absolute atomic E-state index is 0.0833. The number of rotatable bonds is 4. The van der Waals surface area contributed by atoms with Crippen molar-refractivity contribution in [1.82, 2.24) is 20.1 Å². The third kappa shape index (κ3) is 2.67. The molecule has 1 N–H and O–H groups in total. The van der Waals surface area contributed by atoms with E-state index < -0.39 is 0 Å². The average molecular weight is 300 g/mol. The first kappa shape index (κ1) is 13.8. The normalized spacial score (nSPS) is 11.0. The Kier molecular flexibility index (Phi) is 3.70. The van der Waals surface area contributed by atoms with Crippen molar-refractivity contribution in [3.05, 3.63) is 46.0 Å². The van der Waals surface area contributed by atoms with Crippen molar-refractivity contribution in [2.45, 2.75) is 19.9 Å². The van der Waals surface area contributed by atoms with Gasteiger partial charge in [-0.15, -0.1) is 10.2 Å². The van der Waals surface area contributed by atoms with E-state index in [1.165, 1.54) is 11.3 Å². The summed E-state index contributed by atoms with van der Waals surface area (Å²) in [5.74, 6) is -0.0833. The molecule has 0 bridgehead atoms. The highest BCUT2D eigenvalue weighted by Crippen LogP contribution is 2.20. The molecule has 0 aliphatic carbocycles. The van der Waals surface area contributed by atoms with Crippen molar-refractivity contribution < 1.29 is 4.79 Å². The Morgan fingerprint density at radius 2 is 2.05 bits per heavy atom. The summed E-state index contributed by atoms with van der Waals surface area (Å²) in [7, 11) is 1.94. The molecule has 3 aromatic rings. The predicted octanol–water partition coefficient (Wildman–Crippen LogP) is 2.52. The zero-order chi connectivity index (χ0) is 14.8. The molecule has 0 saturated heterocycles. The first-order valence-corrected chi connectivity index (χ1v) is 7.64. The Hall–Kier alpha value is -2.21. The van der Waals surface area contributed by atoms with Gasteiger partial charge in [-0.25, -0.2) is 0 Å². The molecule has 1 amide bonds. The number of carbonyl (C=O) groups excluding carboxylic acids is 1. The Morgan fingerprint density at radius 3 is 2.81 bits per heavy atom. The number of amides is 1. The van der Waals surface area contributed by atoms with Gasteiger partial charge in [0, 0.05) is 24.1 Å². The summed E-state index contributed by atoms with van der Waals surface area (Å²) < 4.78 is 1.96. The summed E-state index contributed by atoms with van der Waals surface area (Å²) >= 11 is 1.54. The zero-order valence-electron chi connectivity index (χ0n) is 12.0. The fraction of sp³-hybridized carbons (Fsp3) is 0.267. The monoisotopic (exact) mass is 300 g/mol. The van der Waals surface area contributed by atoms with E-state index in [9.17, 15) is 4.79 Å². The number of benzene rings is 1. The second-order valence-electron chi connectivity index (χ2n) is 4.80. The van der Waals surface area contributed by atoms with Crippen LogP contribution in [0.2, 0.25) is 0 Å². The van der Waals surface area contributed by atoms with Crippen LogP contribution in [0.25, 0.3) is 10.9 Å². The van der Waals surface area contributed by atoms with Crippen LogP contribution < -0.4 is 5.32 Å². The lowest BCUT2D eigenvalue weighted by Crippen LogP contribution is -2.22. The van der Waals surface area contributed by atoms with Gasteiger partial charge in [-0.3, -0.25) is 4.79 Å².